The van der Waals surface area contributed by atoms with Crippen LogP contribution >= 0.6 is 22.9 Å². The quantitative estimate of drug-likeness (QED) is 0.589. The molecule has 11 heavy (non-hydrogen) atoms. The normalized spacial score (nSPS) is 10.7. The Kier molecular flexibility index (Phi) is 1.59. The van der Waals surface area contributed by atoms with Crippen molar-refractivity contribution in [3.05, 3.63) is 34.4 Å². The van der Waals surface area contributed by atoms with Crippen LogP contribution in [0.25, 0.3) is 10.1 Å². The monoisotopic (exact) mass is 186 g/mol. The van der Waals surface area contributed by atoms with E-state index in [1.54, 1.807) is 11.4 Å². The summed E-state index contributed by atoms with van der Waals surface area (Å²) in [4.78, 5) is 0. The summed E-state index contributed by atoms with van der Waals surface area (Å²) in [5.41, 5.74) is 0. The molecule has 0 aliphatic heterocycles. The zero-order valence-electron chi connectivity index (χ0n) is 5.47. The molecule has 3 heteroatoms. The highest BCUT2D eigenvalue weighted by Gasteiger charge is 2.04. The fourth-order valence-corrected chi connectivity index (χ4v) is 2.17. The van der Waals surface area contributed by atoms with Crippen LogP contribution in [0.15, 0.2) is 23.6 Å². The predicted molar refractivity (Wildman–Crippen MR) is 46.8 cm³/mol. The lowest BCUT2D eigenvalue weighted by Crippen LogP contribution is -1.70. The number of hydrogen-bond donors (Lipinski definition) is 0. The lowest BCUT2D eigenvalue weighted by atomic mass is 10.2. The van der Waals surface area contributed by atoms with Crippen LogP contribution in [0.3, 0.4) is 0 Å². The molecule has 56 valence electrons. The molecule has 1 heterocycles. The van der Waals surface area contributed by atoms with E-state index in [0.29, 0.717) is 9.72 Å². The fraction of sp³-hybridized carbons (Fsp3) is 0. The van der Waals surface area contributed by atoms with Gasteiger partial charge in [-0.1, -0.05) is 23.7 Å². The van der Waals surface area contributed by atoms with Crippen molar-refractivity contribution in [1.29, 1.82) is 0 Å². The summed E-state index contributed by atoms with van der Waals surface area (Å²) in [6.07, 6.45) is 0. The van der Waals surface area contributed by atoms with Gasteiger partial charge >= 0.3 is 0 Å². The molecule has 0 N–H and O–H groups in total. The molecule has 0 aliphatic rings. The van der Waals surface area contributed by atoms with Crippen LogP contribution in [0, 0.1) is 5.82 Å². The van der Waals surface area contributed by atoms with Crippen LogP contribution in [0.2, 0.25) is 5.02 Å². The Morgan fingerprint density at radius 2 is 2.18 bits per heavy atom. The molecular formula is C8H4ClFS. The Hall–Kier alpha value is -0.600. The van der Waals surface area contributed by atoms with E-state index in [1.165, 1.54) is 17.4 Å². The minimum absolute atomic E-state index is 0.195. The summed E-state index contributed by atoms with van der Waals surface area (Å²) >= 11 is 7.12. The Morgan fingerprint density at radius 1 is 1.36 bits per heavy atom. The number of fused-ring (bicyclic) bond motifs is 1. The third kappa shape index (κ3) is 1.03. The SMILES string of the molecule is Fc1cccc2c(Cl)csc12. The van der Waals surface area contributed by atoms with Gasteiger partial charge in [0.15, 0.2) is 0 Å². The van der Waals surface area contributed by atoms with Gasteiger partial charge in [-0.25, -0.2) is 4.39 Å². The Labute approximate surface area is 72.2 Å². The first kappa shape index (κ1) is 7.07. The van der Waals surface area contributed by atoms with Gasteiger partial charge in [-0.3, -0.25) is 0 Å². The minimum atomic E-state index is -0.195. The highest BCUT2D eigenvalue weighted by atomic mass is 35.5. The molecule has 1 aromatic carbocycles. The number of hydrogen-bond acceptors (Lipinski definition) is 1. The van der Waals surface area contributed by atoms with Gasteiger partial charge in [0.05, 0.1) is 9.72 Å². The van der Waals surface area contributed by atoms with E-state index in [1.807, 2.05) is 6.07 Å². The lowest BCUT2D eigenvalue weighted by Gasteiger charge is -1.89. The number of thiophene rings is 1. The molecule has 0 spiro atoms. The predicted octanol–water partition coefficient (Wildman–Crippen LogP) is 3.69. The number of benzene rings is 1. The minimum Gasteiger partial charge on any atom is -0.205 e. The van der Waals surface area contributed by atoms with Crippen molar-refractivity contribution in [2.75, 3.05) is 0 Å². The van der Waals surface area contributed by atoms with E-state index in [2.05, 4.69) is 0 Å². The first-order valence-electron chi connectivity index (χ1n) is 3.10. The van der Waals surface area contributed by atoms with Crippen LogP contribution in [-0.2, 0) is 0 Å². The molecule has 0 saturated heterocycles. The first-order valence-corrected chi connectivity index (χ1v) is 4.36. The van der Waals surface area contributed by atoms with E-state index in [-0.39, 0.29) is 5.82 Å². The van der Waals surface area contributed by atoms with Gasteiger partial charge in [-0.15, -0.1) is 11.3 Å². The topological polar surface area (TPSA) is 0 Å². The lowest BCUT2D eigenvalue weighted by molar-refractivity contribution is 0.642. The summed E-state index contributed by atoms with van der Waals surface area (Å²) in [5.74, 6) is -0.195. The molecule has 0 unspecified atom stereocenters. The Balaban J connectivity index is 2.94. The van der Waals surface area contributed by atoms with E-state index < -0.39 is 0 Å². The standard InChI is InChI=1S/C8H4ClFS/c9-6-4-11-8-5(6)2-1-3-7(8)10/h1-4H. The molecular weight excluding hydrogens is 183 g/mol. The Morgan fingerprint density at radius 3 is 2.91 bits per heavy atom. The van der Waals surface area contributed by atoms with Crippen molar-refractivity contribution >= 4 is 33.0 Å². The molecule has 0 fully saturated rings. The maximum absolute atomic E-state index is 13.0. The first-order chi connectivity index (χ1) is 5.29. The number of halogens is 2. The van der Waals surface area contributed by atoms with Crippen molar-refractivity contribution in [1.82, 2.24) is 0 Å². The third-order valence-corrected chi connectivity index (χ3v) is 2.95. The molecule has 0 aliphatic carbocycles. The van der Waals surface area contributed by atoms with Gasteiger partial charge in [0.2, 0.25) is 0 Å². The van der Waals surface area contributed by atoms with Gasteiger partial charge in [-0.2, -0.15) is 0 Å². The zero-order valence-corrected chi connectivity index (χ0v) is 7.05. The Bertz CT molecular complexity index is 394. The van der Waals surface area contributed by atoms with Gasteiger partial charge in [0.1, 0.15) is 5.82 Å². The van der Waals surface area contributed by atoms with Crippen molar-refractivity contribution in [2.24, 2.45) is 0 Å². The van der Waals surface area contributed by atoms with Gasteiger partial charge in [-0.05, 0) is 6.07 Å². The second-order valence-electron chi connectivity index (χ2n) is 2.20. The van der Waals surface area contributed by atoms with Crippen molar-refractivity contribution in [3.8, 4) is 0 Å². The van der Waals surface area contributed by atoms with Gasteiger partial charge in [0.25, 0.3) is 0 Å². The summed E-state index contributed by atoms with van der Waals surface area (Å²) < 4.78 is 13.6. The second kappa shape index (κ2) is 2.47. The van der Waals surface area contributed by atoms with Crippen molar-refractivity contribution in [2.45, 2.75) is 0 Å². The smallest absolute Gasteiger partial charge is 0.141 e. The highest BCUT2D eigenvalue weighted by molar-refractivity contribution is 7.17. The fourth-order valence-electron chi connectivity index (χ4n) is 0.991. The van der Waals surface area contributed by atoms with E-state index in [9.17, 15) is 4.39 Å². The molecule has 0 amide bonds. The molecule has 1 aromatic heterocycles. The van der Waals surface area contributed by atoms with Crippen LogP contribution < -0.4 is 0 Å². The molecule has 0 atom stereocenters. The van der Waals surface area contributed by atoms with Crippen LogP contribution in [0.5, 0.6) is 0 Å². The van der Waals surface area contributed by atoms with Crippen LogP contribution in [0.1, 0.15) is 0 Å². The van der Waals surface area contributed by atoms with E-state index in [0.717, 1.165) is 5.39 Å². The van der Waals surface area contributed by atoms with Gasteiger partial charge < -0.3 is 0 Å². The molecule has 2 aromatic rings. The van der Waals surface area contributed by atoms with Crippen molar-refractivity contribution < 1.29 is 4.39 Å². The molecule has 0 saturated carbocycles. The largest absolute Gasteiger partial charge is 0.205 e. The third-order valence-electron chi connectivity index (χ3n) is 1.50. The second-order valence-corrected chi connectivity index (χ2v) is 3.49. The summed E-state index contributed by atoms with van der Waals surface area (Å²) in [5, 5.41) is 3.18. The molecule has 2 rings (SSSR count). The summed E-state index contributed by atoms with van der Waals surface area (Å²) in [6.45, 7) is 0. The van der Waals surface area contributed by atoms with Crippen LogP contribution in [0.4, 0.5) is 4.39 Å². The zero-order chi connectivity index (χ0) is 7.84. The maximum atomic E-state index is 13.0. The number of rotatable bonds is 0. The average molecular weight is 187 g/mol. The summed E-state index contributed by atoms with van der Waals surface area (Å²) in [7, 11) is 0. The van der Waals surface area contributed by atoms with Gasteiger partial charge in [0, 0.05) is 10.8 Å². The molecule has 0 radical (unpaired) electrons. The van der Waals surface area contributed by atoms with Crippen LogP contribution in [-0.4, -0.2) is 0 Å². The highest BCUT2D eigenvalue weighted by Crippen LogP contribution is 2.31. The van der Waals surface area contributed by atoms with E-state index >= 15 is 0 Å². The molecule has 0 bridgehead atoms. The average Bonchev–Trinajstić information content (AvgIpc) is 2.35. The molecule has 0 nitrogen and oxygen atoms in total. The van der Waals surface area contributed by atoms with Crippen molar-refractivity contribution in [3.63, 3.8) is 0 Å². The summed E-state index contributed by atoms with van der Waals surface area (Å²) in [6, 6.07) is 4.92. The maximum Gasteiger partial charge on any atom is 0.141 e. The van der Waals surface area contributed by atoms with E-state index in [4.69, 9.17) is 11.6 Å².